The van der Waals surface area contributed by atoms with Crippen LogP contribution < -0.4 is 10.9 Å². The van der Waals surface area contributed by atoms with E-state index in [1.54, 1.807) is 0 Å². The molecule has 0 atom stereocenters. The number of halogens is 3. The molecule has 6 nitrogen and oxygen atoms in total. The normalized spacial score (nSPS) is 15.0. The summed E-state index contributed by atoms with van der Waals surface area (Å²) in [6, 6.07) is 5.04. The number of alkyl halides is 3. The molecule has 150 valence electrons. The quantitative estimate of drug-likeness (QED) is 0.789. The van der Waals surface area contributed by atoms with Gasteiger partial charge in [0, 0.05) is 25.3 Å². The van der Waals surface area contributed by atoms with Gasteiger partial charge in [0.25, 0.3) is 5.56 Å². The molecule has 1 aromatic heterocycles. The van der Waals surface area contributed by atoms with Crippen LogP contribution in [0, 0.1) is 0 Å². The Balaban J connectivity index is 1.59. The highest BCUT2D eigenvalue weighted by molar-refractivity contribution is 5.76. The van der Waals surface area contributed by atoms with Crippen LogP contribution in [0.3, 0.4) is 0 Å². The SMILES string of the molecule is O=C(CCc1nnc(Cc2cccc(C(F)(F)F)c2)[nH]c1=O)NC1CCCC1. The van der Waals surface area contributed by atoms with E-state index < -0.39 is 17.3 Å². The van der Waals surface area contributed by atoms with Gasteiger partial charge in [-0.2, -0.15) is 13.2 Å². The highest BCUT2D eigenvalue weighted by Gasteiger charge is 2.30. The first-order chi connectivity index (χ1) is 13.3. The van der Waals surface area contributed by atoms with Gasteiger partial charge in [0.2, 0.25) is 5.91 Å². The molecule has 2 N–H and O–H groups in total. The largest absolute Gasteiger partial charge is 0.416 e. The highest BCUT2D eigenvalue weighted by Crippen LogP contribution is 2.29. The first-order valence-electron chi connectivity index (χ1n) is 9.21. The molecule has 0 saturated heterocycles. The van der Waals surface area contributed by atoms with E-state index >= 15 is 0 Å². The van der Waals surface area contributed by atoms with E-state index in [1.807, 2.05) is 0 Å². The van der Waals surface area contributed by atoms with Crippen LogP contribution in [0.4, 0.5) is 13.2 Å². The van der Waals surface area contributed by atoms with Crippen molar-refractivity contribution in [3.8, 4) is 0 Å². The van der Waals surface area contributed by atoms with Crippen molar-refractivity contribution >= 4 is 5.91 Å². The highest BCUT2D eigenvalue weighted by atomic mass is 19.4. The Bertz CT molecular complexity index is 889. The lowest BCUT2D eigenvalue weighted by Gasteiger charge is -2.11. The number of nitrogens with zero attached hydrogens (tertiary/aromatic N) is 2. The average molecular weight is 394 g/mol. The summed E-state index contributed by atoms with van der Waals surface area (Å²) < 4.78 is 38.3. The number of nitrogens with one attached hydrogen (secondary N) is 2. The monoisotopic (exact) mass is 394 g/mol. The lowest BCUT2D eigenvalue weighted by atomic mass is 10.1. The molecule has 2 aromatic rings. The van der Waals surface area contributed by atoms with Gasteiger partial charge in [-0.05, 0) is 24.5 Å². The zero-order valence-corrected chi connectivity index (χ0v) is 15.2. The molecule has 1 aliphatic rings. The molecular formula is C19H21F3N4O2. The molecule has 1 amide bonds. The Labute approximate surface area is 159 Å². The molecule has 1 saturated carbocycles. The Kier molecular flexibility index (Phi) is 6.11. The van der Waals surface area contributed by atoms with Crippen molar-refractivity contribution in [3.05, 3.63) is 57.3 Å². The second-order valence-electron chi connectivity index (χ2n) is 6.97. The number of hydrogen-bond acceptors (Lipinski definition) is 4. The van der Waals surface area contributed by atoms with Crippen LogP contribution in [0.1, 0.15) is 54.7 Å². The molecular weight excluding hydrogens is 373 g/mol. The summed E-state index contributed by atoms with van der Waals surface area (Å²) in [5.41, 5.74) is -0.742. The number of benzene rings is 1. The molecule has 1 heterocycles. The van der Waals surface area contributed by atoms with Gasteiger partial charge in [-0.25, -0.2) is 0 Å². The first-order valence-corrected chi connectivity index (χ1v) is 9.21. The van der Waals surface area contributed by atoms with Crippen LogP contribution in [0.25, 0.3) is 0 Å². The summed E-state index contributed by atoms with van der Waals surface area (Å²) in [4.78, 5) is 26.6. The lowest BCUT2D eigenvalue weighted by molar-refractivity contribution is -0.137. The van der Waals surface area contributed by atoms with E-state index in [0.29, 0.717) is 5.56 Å². The van der Waals surface area contributed by atoms with Gasteiger partial charge < -0.3 is 10.3 Å². The average Bonchev–Trinajstić information content (AvgIpc) is 3.13. The molecule has 0 aliphatic heterocycles. The van der Waals surface area contributed by atoms with Gasteiger partial charge in [-0.1, -0.05) is 31.0 Å². The molecule has 0 radical (unpaired) electrons. The van der Waals surface area contributed by atoms with Gasteiger partial charge in [-0.3, -0.25) is 9.59 Å². The van der Waals surface area contributed by atoms with Gasteiger partial charge >= 0.3 is 6.18 Å². The fourth-order valence-corrected chi connectivity index (χ4v) is 3.29. The molecule has 1 fully saturated rings. The van der Waals surface area contributed by atoms with Crippen LogP contribution >= 0.6 is 0 Å². The number of rotatable bonds is 6. The zero-order chi connectivity index (χ0) is 20.1. The summed E-state index contributed by atoms with van der Waals surface area (Å²) in [7, 11) is 0. The number of aryl methyl sites for hydroxylation is 1. The van der Waals surface area contributed by atoms with E-state index in [4.69, 9.17) is 0 Å². The Morgan fingerprint density at radius 3 is 2.64 bits per heavy atom. The van der Waals surface area contributed by atoms with Gasteiger partial charge in [0.05, 0.1) is 5.56 Å². The van der Waals surface area contributed by atoms with Crippen molar-refractivity contribution in [2.24, 2.45) is 0 Å². The van der Waals surface area contributed by atoms with E-state index in [9.17, 15) is 22.8 Å². The van der Waals surface area contributed by atoms with Crippen LogP contribution in [0.15, 0.2) is 29.1 Å². The Morgan fingerprint density at radius 2 is 1.96 bits per heavy atom. The number of aromatic amines is 1. The van der Waals surface area contributed by atoms with Gasteiger partial charge in [0.15, 0.2) is 0 Å². The number of aromatic nitrogens is 3. The minimum Gasteiger partial charge on any atom is -0.353 e. The number of hydrogen-bond donors (Lipinski definition) is 2. The number of carbonyl (C=O) groups is 1. The van der Waals surface area contributed by atoms with E-state index in [-0.39, 0.29) is 42.7 Å². The lowest BCUT2D eigenvalue weighted by Crippen LogP contribution is -2.33. The first kappa shape index (κ1) is 20.0. The molecule has 28 heavy (non-hydrogen) atoms. The van der Waals surface area contributed by atoms with Crippen molar-refractivity contribution in [2.45, 2.75) is 57.2 Å². The molecule has 3 rings (SSSR count). The fraction of sp³-hybridized carbons (Fsp3) is 0.474. The summed E-state index contributed by atoms with van der Waals surface area (Å²) in [5.74, 6) is 0.0459. The summed E-state index contributed by atoms with van der Waals surface area (Å²) in [5, 5.41) is 10.7. The third-order valence-corrected chi connectivity index (χ3v) is 4.75. The van der Waals surface area contributed by atoms with Crippen molar-refractivity contribution in [2.75, 3.05) is 0 Å². The third-order valence-electron chi connectivity index (χ3n) is 4.75. The second-order valence-corrected chi connectivity index (χ2v) is 6.97. The summed E-state index contributed by atoms with van der Waals surface area (Å²) in [6.07, 6.45) is 0.0815. The van der Waals surface area contributed by atoms with Crippen molar-refractivity contribution in [1.82, 2.24) is 20.5 Å². The van der Waals surface area contributed by atoms with Crippen LogP contribution in [0.2, 0.25) is 0 Å². The van der Waals surface area contributed by atoms with Crippen molar-refractivity contribution < 1.29 is 18.0 Å². The van der Waals surface area contributed by atoms with Crippen LogP contribution in [-0.2, 0) is 23.8 Å². The van der Waals surface area contributed by atoms with E-state index in [2.05, 4.69) is 20.5 Å². The molecule has 1 aromatic carbocycles. The van der Waals surface area contributed by atoms with Crippen LogP contribution in [0.5, 0.6) is 0 Å². The molecule has 0 unspecified atom stereocenters. The third kappa shape index (κ3) is 5.40. The van der Waals surface area contributed by atoms with Gasteiger partial charge in [0.1, 0.15) is 11.5 Å². The minimum absolute atomic E-state index is 0.0224. The predicted molar refractivity (Wildman–Crippen MR) is 95.6 cm³/mol. The van der Waals surface area contributed by atoms with Crippen molar-refractivity contribution in [1.29, 1.82) is 0 Å². The second kappa shape index (κ2) is 8.53. The molecule has 0 spiro atoms. The van der Waals surface area contributed by atoms with Gasteiger partial charge in [-0.15, -0.1) is 10.2 Å². The molecule has 1 aliphatic carbocycles. The fourth-order valence-electron chi connectivity index (χ4n) is 3.29. The smallest absolute Gasteiger partial charge is 0.353 e. The molecule has 9 heteroatoms. The molecule has 0 bridgehead atoms. The summed E-state index contributed by atoms with van der Waals surface area (Å²) in [6.45, 7) is 0. The zero-order valence-electron chi connectivity index (χ0n) is 15.2. The number of carbonyl (C=O) groups excluding carboxylic acids is 1. The summed E-state index contributed by atoms with van der Waals surface area (Å²) >= 11 is 0. The van der Waals surface area contributed by atoms with Crippen LogP contribution in [-0.4, -0.2) is 27.1 Å². The van der Waals surface area contributed by atoms with E-state index in [0.717, 1.165) is 37.8 Å². The Hall–Kier alpha value is -2.71. The predicted octanol–water partition coefficient (Wildman–Crippen LogP) is 2.77. The maximum absolute atomic E-state index is 12.8. The maximum Gasteiger partial charge on any atom is 0.416 e. The standard InChI is InChI=1S/C19H21F3N4O2/c20-19(21,22)13-5-3-4-12(10-13)11-16-24-18(28)15(25-26-16)8-9-17(27)23-14-6-1-2-7-14/h3-5,10,14H,1-2,6-9,11H2,(H,23,27)(H,24,26,28). The number of amides is 1. The maximum atomic E-state index is 12.8. The topological polar surface area (TPSA) is 87.7 Å². The van der Waals surface area contributed by atoms with Crippen molar-refractivity contribution in [3.63, 3.8) is 0 Å². The Morgan fingerprint density at radius 1 is 1.21 bits per heavy atom. The number of H-pyrrole nitrogens is 1. The van der Waals surface area contributed by atoms with E-state index in [1.165, 1.54) is 12.1 Å². The minimum atomic E-state index is -4.43.